The van der Waals surface area contributed by atoms with Crippen LogP contribution in [0.5, 0.6) is 0 Å². The lowest BCUT2D eigenvalue weighted by atomic mass is 9.91. The highest BCUT2D eigenvalue weighted by atomic mass is 35.5. The van der Waals surface area contributed by atoms with Gasteiger partial charge in [0.05, 0.1) is 4.88 Å². The first kappa shape index (κ1) is 17.8. The molecule has 2 N–H and O–H groups in total. The number of hydrogen-bond donors (Lipinski definition) is 1. The van der Waals surface area contributed by atoms with E-state index in [-0.39, 0.29) is 24.4 Å². The van der Waals surface area contributed by atoms with E-state index in [1.165, 1.54) is 36.1 Å². The van der Waals surface area contributed by atoms with Crippen molar-refractivity contribution >= 4 is 29.7 Å². The van der Waals surface area contributed by atoms with Crippen LogP contribution in [0, 0.1) is 5.92 Å². The molecule has 1 unspecified atom stereocenters. The summed E-state index contributed by atoms with van der Waals surface area (Å²) in [6, 6.07) is 2.42. The van der Waals surface area contributed by atoms with Gasteiger partial charge in [-0.15, -0.1) is 23.7 Å². The van der Waals surface area contributed by atoms with Gasteiger partial charge in [0.2, 0.25) is 0 Å². The van der Waals surface area contributed by atoms with Gasteiger partial charge >= 0.3 is 0 Å². The molecule has 0 saturated carbocycles. The van der Waals surface area contributed by atoms with Crippen LogP contribution >= 0.6 is 23.7 Å². The zero-order valence-corrected chi connectivity index (χ0v) is 15.0. The summed E-state index contributed by atoms with van der Waals surface area (Å²) in [6.45, 7) is 3.82. The van der Waals surface area contributed by atoms with Crippen molar-refractivity contribution in [2.24, 2.45) is 11.7 Å². The summed E-state index contributed by atoms with van der Waals surface area (Å²) in [5.74, 6) is 0.824. The summed E-state index contributed by atoms with van der Waals surface area (Å²) in [5, 5.41) is 0. The standard InChI is InChI=1S/C17H26N2OS.ClH/c1-12(18)13-7-9-19(10-8-13)17(20)16-11-14-5-3-2-4-6-15(14)21-16;/h11-13H,2-10,18H2,1H3;1H. The lowest BCUT2D eigenvalue weighted by Gasteiger charge is -2.33. The molecular weight excluding hydrogens is 316 g/mol. The second-order valence-electron chi connectivity index (χ2n) is 6.61. The van der Waals surface area contributed by atoms with Crippen molar-refractivity contribution in [1.82, 2.24) is 4.90 Å². The van der Waals surface area contributed by atoms with Crippen LogP contribution in [0.25, 0.3) is 0 Å². The normalized spacial score (nSPS) is 20.7. The maximum Gasteiger partial charge on any atom is 0.263 e. The molecule has 3 nitrogen and oxygen atoms in total. The third-order valence-corrected chi connectivity index (χ3v) is 6.25. The Hall–Kier alpha value is -0.580. The van der Waals surface area contributed by atoms with Gasteiger partial charge in [0, 0.05) is 24.0 Å². The summed E-state index contributed by atoms with van der Waals surface area (Å²) in [4.78, 5) is 17.1. The van der Waals surface area contributed by atoms with Gasteiger partial charge in [-0.05, 0) is 63.0 Å². The Morgan fingerprint density at radius 1 is 1.27 bits per heavy atom. The van der Waals surface area contributed by atoms with Crippen LogP contribution in [-0.4, -0.2) is 29.9 Å². The quantitative estimate of drug-likeness (QED) is 0.834. The SMILES string of the molecule is CC(N)C1CCN(C(=O)c2cc3c(s2)CCCCC3)CC1.Cl. The molecule has 1 aromatic heterocycles. The third kappa shape index (κ3) is 3.84. The molecule has 1 aliphatic carbocycles. The van der Waals surface area contributed by atoms with E-state index in [2.05, 4.69) is 13.0 Å². The first-order valence-electron chi connectivity index (χ1n) is 8.31. The van der Waals surface area contributed by atoms with Gasteiger partial charge in [-0.3, -0.25) is 4.79 Å². The predicted octanol–water partition coefficient (Wildman–Crippen LogP) is 3.64. The second-order valence-corrected chi connectivity index (χ2v) is 7.75. The largest absolute Gasteiger partial charge is 0.338 e. The first-order chi connectivity index (χ1) is 10.1. The molecular formula is C17H27ClN2OS. The van der Waals surface area contributed by atoms with E-state index >= 15 is 0 Å². The second kappa shape index (κ2) is 7.80. The number of thiophene rings is 1. The number of carbonyl (C=O) groups excluding carboxylic acids is 1. The average molecular weight is 343 g/mol. The molecule has 3 rings (SSSR count). The van der Waals surface area contributed by atoms with Gasteiger partial charge < -0.3 is 10.6 Å². The number of halogens is 1. The van der Waals surface area contributed by atoms with Crippen LogP contribution in [0.1, 0.15) is 59.1 Å². The molecule has 124 valence electrons. The molecule has 2 aliphatic rings. The molecule has 0 aromatic carbocycles. The number of hydrogen-bond acceptors (Lipinski definition) is 3. The monoisotopic (exact) mass is 342 g/mol. The Kier molecular flexibility index (Phi) is 6.30. The fourth-order valence-electron chi connectivity index (χ4n) is 3.56. The molecule has 2 heterocycles. The molecule has 1 atom stereocenters. The number of rotatable bonds is 2. The summed E-state index contributed by atoms with van der Waals surface area (Å²) in [5.41, 5.74) is 7.42. The summed E-state index contributed by atoms with van der Waals surface area (Å²) >= 11 is 1.74. The van der Waals surface area contributed by atoms with E-state index < -0.39 is 0 Å². The number of piperidine rings is 1. The fourth-order valence-corrected chi connectivity index (χ4v) is 4.78. The Morgan fingerprint density at radius 3 is 2.64 bits per heavy atom. The number of carbonyl (C=O) groups is 1. The minimum Gasteiger partial charge on any atom is -0.338 e. The van der Waals surface area contributed by atoms with Gasteiger partial charge in [-0.25, -0.2) is 0 Å². The molecule has 0 radical (unpaired) electrons. The van der Waals surface area contributed by atoms with Crippen molar-refractivity contribution in [2.75, 3.05) is 13.1 Å². The lowest BCUT2D eigenvalue weighted by molar-refractivity contribution is 0.0686. The number of nitrogens with two attached hydrogens (primary N) is 1. The van der Waals surface area contributed by atoms with Crippen LogP contribution in [0.4, 0.5) is 0 Å². The zero-order valence-electron chi connectivity index (χ0n) is 13.3. The van der Waals surface area contributed by atoms with E-state index in [0.29, 0.717) is 5.92 Å². The summed E-state index contributed by atoms with van der Waals surface area (Å²) < 4.78 is 0. The van der Waals surface area contributed by atoms with Crippen LogP contribution < -0.4 is 5.73 Å². The smallest absolute Gasteiger partial charge is 0.263 e. The molecule has 5 heteroatoms. The number of amides is 1. The Morgan fingerprint density at radius 2 is 1.95 bits per heavy atom. The highest BCUT2D eigenvalue weighted by Crippen LogP contribution is 2.30. The summed E-state index contributed by atoms with van der Waals surface area (Å²) in [6.07, 6.45) is 8.31. The van der Waals surface area contributed by atoms with Crippen LogP contribution in [0.3, 0.4) is 0 Å². The zero-order chi connectivity index (χ0) is 14.8. The van der Waals surface area contributed by atoms with E-state index in [4.69, 9.17) is 5.73 Å². The minimum atomic E-state index is 0. The van der Waals surface area contributed by atoms with Crippen molar-refractivity contribution in [1.29, 1.82) is 0 Å². The highest BCUT2D eigenvalue weighted by Gasteiger charge is 2.27. The van der Waals surface area contributed by atoms with Crippen LogP contribution in [0.15, 0.2) is 6.07 Å². The molecule has 1 amide bonds. The lowest BCUT2D eigenvalue weighted by Crippen LogP contribution is -2.42. The van der Waals surface area contributed by atoms with Gasteiger partial charge in [-0.1, -0.05) is 6.42 Å². The molecule has 0 spiro atoms. The van der Waals surface area contributed by atoms with Crippen LogP contribution in [-0.2, 0) is 12.8 Å². The van der Waals surface area contributed by atoms with E-state index in [1.54, 1.807) is 11.3 Å². The topological polar surface area (TPSA) is 46.3 Å². The first-order valence-corrected chi connectivity index (χ1v) is 9.13. The summed E-state index contributed by atoms with van der Waals surface area (Å²) in [7, 11) is 0. The van der Waals surface area contributed by atoms with E-state index in [9.17, 15) is 4.79 Å². The Labute approximate surface area is 143 Å². The number of likely N-dealkylation sites (tertiary alicyclic amines) is 1. The van der Waals surface area contributed by atoms with Gasteiger partial charge in [0.1, 0.15) is 0 Å². The molecule has 1 aromatic rings. The predicted molar refractivity (Wildman–Crippen MR) is 95.1 cm³/mol. The molecule has 22 heavy (non-hydrogen) atoms. The van der Waals surface area contributed by atoms with Gasteiger partial charge in [0.25, 0.3) is 5.91 Å². The minimum absolute atomic E-state index is 0. The molecule has 1 saturated heterocycles. The maximum absolute atomic E-state index is 12.7. The van der Waals surface area contributed by atoms with Crippen molar-refractivity contribution < 1.29 is 4.79 Å². The van der Waals surface area contributed by atoms with Crippen molar-refractivity contribution in [3.8, 4) is 0 Å². The van der Waals surface area contributed by atoms with E-state index in [1.807, 2.05) is 4.90 Å². The highest BCUT2D eigenvalue weighted by molar-refractivity contribution is 7.14. The van der Waals surface area contributed by atoms with Crippen molar-refractivity contribution in [2.45, 2.75) is 57.9 Å². The molecule has 1 aliphatic heterocycles. The third-order valence-electron chi connectivity index (χ3n) is 5.03. The maximum atomic E-state index is 12.7. The van der Waals surface area contributed by atoms with Gasteiger partial charge in [0.15, 0.2) is 0 Å². The Balaban J connectivity index is 0.00000176. The van der Waals surface area contributed by atoms with Crippen molar-refractivity contribution in [3.05, 3.63) is 21.4 Å². The molecule has 0 bridgehead atoms. The fraction of sp³-hybridized carbons (Fsp3) is 0.706. The average Bonchev–Trinajstić information content (AvgIpc) is 2.77. The van der Waals surface area contributed by atoms with Gasteiger partial charge in [-0.2, -0.15) is 0 Å². The number of nitrogens with zero attached hydrogens (tertiary/aromatic N) is 1. The Bertz CT molecular complexity index is 483. The van der Waals surface area contributed by atoms with E-state index in [0.717, 1.165) is 37.2 Å². The molecule has 1 fully saturated rings. The number of fused-ring (bicyclic) bond motifs is 1. The van der Waals surface area contributed by atoms with Crippen molar-refractivity contribution in [3.63, 3.8) is 0 Å². The van der Waals surface area contributed by atoms with Crippen LogP contribution in [0.2, 0.25) is 0 Å². The number of aryl methyl sites for hydroxylation is 2.